The highest BCUT2D eigenvalue weighted by atomic mass is 127. The fourth-order valence-electron chi connectivity index (χ4n) is 1.94. The van der Waals surface area contributed by atoms with Crippen LogP contribution in [0.4, 0.5) is 5.69 Å². The van der Waals surface area contributed by atoms with Gasteiger partial charge in [0.25, 0.3) is 5.91 Å². The van der Waals surface area contributed by atoms with Gasteiger partial charge >= 0.3 is 0 Å². The number of furan rings is 1. The first-order valence-corrected chi connectivity index (χ1v) is 7.96. The molecule has 0 aliphatic heterocycles. The van der Waals surface area contributed by atoms with Crippen LogP contribution in [0.25, 0.3) is 0 Å². The standard InChI is InChI=1S/C16H17IN2O3/c1-10(2)14(19-15(20)13-7-4-8-22-13)16(21)18-12-6-3-5-11(17)9-12/h3-10,14H,1-2H3,(H,18,21)(H,19,20)/t14-/m0/s1. The Hall–Kier alpha value is -1.83. The summed E-state index contributed by atoms with van der Waals surface area (Å²) in [6.07, 6.45) is 1.42. The van der Waals surface area contributed by atoms with Crippen LogP contribution in [-0.4, -0.2) is 17.9 Å². The summed E-state index contributed by atoms with van der Waals surface area (Å²) in [4.78, 5) is 24.5. The summed E-state index contributed by atoms with van der Waals surface area (Å²) in [5.41, 5.74) is 0.704. The molecule has 0 fully saturated rings. The van der Waals surface area contributed by atoms with Crippen molar-refractivity contribution in [3.05, 3.63) is 52.0 Å². The van der Waals surface area contributed by atoms with Crippen LogP contribution in [0, 0.1) is 9.49 Å². The molecular weight excluding hydrogens is 395 g/mol. The summed E-state index contributed by atoms with van der Waals surface area (Å²) < 4.78 is 6.07. The average molecular weight is 412 g/mol. The van der Waals surface area contributed by atoms with Gasteiger partial charge in [-0.2, -0.15) is 0 Å². The minimum Gasteiger partial charge on any atom is -0.459 e. The van der Waals surface area contributed by atoms with Gasteiger partial charge in [0.05, 0.1) is 6.26 Å². The van der Waals surface area contributed by atoms with E-state index < -0.39 is 11.9 Å². The van der Waals surface area contributed by atoms with Crippen LogP contribution in [0.15, 0.2) is 47.1 Å². The quantitative estimate of drug-likeness (QED) is 0.741. The highest BCUT2D eigenvalue weighted by molar-refractivity contribution is 14.1. The second-order valence-electron chi connectivity index (χ2n) is 5.17. The first kappa shape index (κ1) is 16.5. The van der Waals surface area contributed by atoms with Crippen LogP contribution >= 0.6 is 22.6 Å². The maximum absolute atomic E-state index is 12.4. The molecule has 1 atom stereocenters. The Morgan fingerprint density at radius 3 is 2.55 bits per heavy atom. The van der Waals surface area contributed by atoms with Crippen molar-refractivity contribution in [2.24, 2.45) is 5.92 Å². The average Bonchev–Trinajstić information content (AvgIpc) is 2.98. The molecule has 2 N–H and O–H groups in total. The van der Waals surface area contributed by atoms with E-state index in [4.69, 9.17) is 4.42 Å². The lowest BCUT2D eigenvalue weighted by atomic mass is 10.0. The molecule has 0 radical (unpaired) electrons. The Labute approximate surface area is 142 Å². The maximum atomic E-state index is 12.4. The molecule has 0 bridgehead atoms. The number of rotatable bonds is 5. The molecule has 2 aromatic rings. The molecule has 2 rings (SSSR count). The number of carbonyl (C=O) groups excluding carboxylic acids is 2. The van der Waals surface area contributed by atoms with Crippen LogP contribution < -0.4 is 10.6 Å². The third kappa shape index (κ3) is 4.33. The molecule has 5 nitrogen and oxygen atoms in total. The fourth-order valence-corrected chi connectivity index (χ4v) is 2.48. The van der Waals surface area contributed by atoms with E-state index in [-0.39, 0.29) is 17.6 Å². The Morgan fingerprint density at radius 2 is 1.95 bits per heavy atom. The van der Waals surface area contributed by atoms with Gasteiger partial charge in [0.1, 0.15) is 6.04 Å². The predicted octanol–water partition coefficient (Wildman–Crippen LogP) is 3.28. The summed E-state index contributed by atoms with van der Waals surface area (Å²) in [6, 6.07) is 10.0. The molecule has 2 amide bonds. The molecule has 0 unspecified atom stereocenters. The van der Waals surface area contributed by atoms with Crippen LogP contribution in [0.5, 0.6) is 0 Å². The Bertz CT molecular complexity index is 653. The summed E-state index contributed by atoms with van der Waals surface area (Å²) in [6.45, 7) is 3.75. The molecule has 0 saturated carbocycles. The summed E-state index contributed by atoms with van der Waals surface area (Å²) in [5.74, 6) is -0.521. The molecular formula is C16H17IN2O3. The molecule has 0 spiro atoms. The number of carbonyl (C=O) groups is 2. The van der Waals surface area contributed by atoms with E-state index in [0.29, 0.717) is 5.69 Å². The lowest BCUT2D eigenvalue weighted by Crippen LogP contribution is -2.47. The van der Waals surface area contributed by atoms with Crippen LogP contribution in [0.1, 0.15) is 24.4 Å². The maximum Gasteiger partial charge on any atom is 0.287 e. The molecule has 22 heavy (non-hydrogen) atoms. The van der Waals surface area contributed by atoms with Crippen molar-refractivity contribution < 1.29 is 14.0 Å². The highest BCUT2D eigenvalue weighted by Crippen LogP contribution is 2.14. The van der Waals surface area contributed by atoms with Crippen LogP contribution in [0.2, 0.25) is 0 Å². The van der Waals surface area contributed by atoms with Crippen molar-refractivity contribution in [1.82, 2.24) is 5.32 Å². The first-order chi connectivity index (χ1) is 10.5. The zero-order valence-corrected chi connectivity index (χ0v) is 14.5. The predicted molar refractivity (Wildman–Crippen MR) is 92.6 cm³/mol. The normalized spacial score (nSPS) is 12.0. The smallest absolute Gasteiger partial charge is 0.287 e. The van der Waals surface area contributed by atoms with E-state index in [1.165, 1.54) is 6.26 Å². The van der Waals surface area contributed by atoms with Crippen molar-refractivity contribution >= 4 is 40.1 Å². The largest absolute Gasteiger partial charge is 0.459 e. The zero-order chi connectivity index (χ0) is 16.1. The molecule has 6 heteroatoms. The van der Waals surface area contributed by atoms with Crippen LogP contribution in [-0.2, 0) is 4.79 Å². The van der Waals surface area contributed by atoms with Gasteiger partial charge in [-0.15, -0.1) is 0 Å². The van der Waals surface area contributed by atoms with E-state index in [1.54, 1.807) is 12.1 Å². The third-order valence-corrected chi connectivity index (χ3v) is 3.74. The Morgan fingerprint density at radius 1 is 1.18 bits per heavy atom. The molecule has 1 aromatic carbocycles. The monoisotopic (exact) mass is 412 g/mol. The number of halogens is 1. The number of hydrogen-bond donors (Lipinski definition) is 2. The molecule has 1 heterocycles. The number of amides is 2. The lowest BCUT2D eigenvalue weighted by molar-refractivity contribution is -0.118. The van der Waals surface area contributed by atoms with Gasteiger partial charge in [-0.3, -0.25) is 9.59 Å². The van der Waals surface area contributed by atoms with E-state index >= 15 is 0 Å². The van der Waals surface area contributed by atoms with Gasteiger partial charge in [0.15, 0.2) is 5.76 Å². The van der Waals surface area contributed by atoms with Crippen molar-refractivity contribution in [1.29, 1.82) is 0 Å². The second-order valence-corrected chi connectivity index (χ2v) is 6.42. The molecule has 0 saturated heterocycles. The molecule has 0 aliphatic carbocycles. The van der Waals surface area contributed by atoms with Crippen molar-refractivity contribution in [2.45, 2.75) is 19.9 Å². The summed E-state index contributed by atoms with van der Waals surface area (Å²) in [5, 5.41) is 5.53. The number of benzene rings is 1. The minimum absolute atomic E-state index is 0.0540. The van der Waals surface area contributed by atoms with Gasteiger partial charge in [-0.1, -0.05) is 19.9 Å². The second kappa shape index (κ2) is 7.44. The number of nitrogens with one attached hydrogen (secondary N) is 2. The molecule has 1 aromatic heterocycles. The summed E-state index contributed by atoms with van der Waals surface area (Å²) >= 11 is 2.18. The Kier molecular flexibility index (Phi) is 5.59. The van der Waals surface area contributed by atoms with Crippen molar-refractivity contribution in [2.75, 3.05) is 5.32 Å². The molecule has 0 aliphatic rings. The van der Waals surface area contributed by atoms with Gasteiger partial charge in [0.2, 0.25) is 5.91 Å². The highest BCUT2D eigenvalue weighted by Gasteiger charge is 2.25. The Balaban J connectivity index is 2.07. The third-order valence-electron chi connectivity index (χ3n) is 3.07. The van der Waals surface area contributed by atoms with Crippen LogP contribution in [0.3, 0.4) is 0 Å². The lowest BCUT2D eigenvalue weighted by Gasteiger charge is -2.21. The first-order valence-electron chi connectivity index (χ1n) is 6.88. The van der Waals surface area contributed by atoms with Crippen molar-refractivity contribution in [3.8, 4) is 0 Å². The fraction of sp³-hybridized carbons (Fsp3) is 0.250. The van der Waals surface area contributed by atoms with E-state index in [0.717, 1.165) is 3.57 Å². The minimum atomic E-state index is -0.643. The van der Waals surface area contributed by atoms with E-state index in [1.807, 2.05) is 38.1 Å². The molecule has 116 valence electrons. The van der Waals surface area contributed by atoms with E-state index in [9.17, 15) is 9.59 Å². The topological polar surface area (TPSA) is 71.3 Å². The van der Waals surface area contributed by atoms with Gasteiger partial charge in [-0.05, 0) is 58.8 Å². The van der Waals surface area contributed by atoms with Gasteiger partial charge in [-0.25, -0.2) is 0 Å². The SMILES string of the molecule is CC(C)[C@H](NC(=O)c1ccco1)C(=O)Nc1cccc(I)c1. The van der Waals surface area contributed by atoms with Gasteiger partial charge < -0.3 is 15.1 Å². The number of hydrogen-bond acceptors (Lipinski definition) is 3. The number of anilines is 1. The van der Waals surface area contributed by atoms with E-state index in [2.05, 4.69) is 33.2 Å². The van der Waals surface area contributed by atoms with Gasteiger partial charge in [0, 0.05) is 9.26 Å². The van der Waals surface area contributed by atoms with Crippen molar-refractivity contribution in [3.63, 3.8) is 0 Å². The summed E-state index contributed by atoms with van der Waals surface area (Å²) in [7, 11) is 0. The zero-order valence-electron chi connectivity index (χ0n) is 12.3.